The van der Waals surface area contributed by atoms with Gasteiger partial charge in [0.2, 0.25) is 5.79 Å². The van der Waals surface area contributed by atoms with Gasteiger partial charge in [-0.1, -0.05) is 12.8 Å². The molecule has 2 unspecified atom stereocenters. The maximum Gasteiger partial charge on any atom is 0.204 e. The van der Waals surface area contributed by atoms with Crippen molar-refractivity contribution in [2.24, 2.45) is 5.92 Å². The summed E-state index contributed by atoms with van der Waals surface area (Å²) >= 11 is 0. The van der Waals surface area contributed by atoms with E-state index in [1.807, 2.05) is 0 Å². The van der Waals surface area contributed by atoms with Crippen LogP contribution in [0.5, 0.6) is 0 Å². The van der Waals surface area contributed by atoms with Gasteiger partial charge in [-0.2, -0.15) is 5.11 Å². The van der Waals surface area contributed by atoms with Gasteiger partial charge < -0.3 is 4.74 Å². The van der Waals surface area contributed by atoms with Crippen molar-refractivity contribution in [3.8, 4) is 0 Å². The first kappa shape index (κ1) is 7.56. The zero-order valence-corrected chi connectivity index (χ0v) is 6.84. The van der Waals surface area contributed by atoms with Crippen LogP contribution in [-0.4, -0.2) is 12.4 Å². The third kappa shape index (κ3) is 1.30. The van der Waals surface area contributed by atoms with E-state index in [4.69, 9.17) is 4.74 Å². The fourth-order valence-electron chi connectivity index (χ4n) is 2.29. The van der Waals surface area contributed by atoms with Gasteiger partial charge in [-0.3, -0.25) is 0 Å². The van der Waals surface area contributed by atoms with Crippen LogP contribution < -0.4 is 0 Å². The Kier molecular flexibility index (Phi) is 1.90. The third-order valence-electron chi connectivity index (χ3n) is 3.01. The Morgan fingerprint density at radius 1 is 1.18 bits per heavy atom. The van der Waals surface area contributed by atoms with Crippen molar-refractivity contribution < 1.29 is 9.84 Å². The van der Waals surface area contributed by atoms with Crippen molar-refractivity contribution in [3.63, 3.8) is 0 Å². The third-order valence-corrected chi connectivity index (χ3v) is 3.01. The molecule has 63 valence electrons. The zero-order valence-electron chi connectivity index (χ0n) is 6.84. The average Bonchev–Trinajstić information content (AvgIpc) is 2.24. The van der Waals surface area contributed by atoms with Crippen molar-refractivity contribution >= 4 is 0 Å². The molecule has 1 heterocycles. The lowest BCUT2D eigenvalue weighted by molar-refractivity contribution is -0.236. The van der Waals surface area contributed by atoms with E-state index in [1.165, 1.54) is 12.8 Å². The molecule has 0 spiro atoms. The highest BCUT2D eigenvalue weighted by atomic mass is 16.6. The molecule has 0 amide bonds. The summed E-state index contributed by atoms with van der Waals surface area (Å²) in [5.74, 6) is -0.652. The first-order chi connectivity index (χ1) is 5.31. The molecule has 2 nitrogen and oxygen atoms in total. The highest BCUT2D eigenvalue weighted by molar-refractivity contribution is 4.84. The second-order valence-electron chi connectivity index (χ2n) is 3.75. The lowest BCUT2D eigenvalue weighted by Gasteiger charge is -2.23. The molecule has 1 radical (unpaired) electrons. The quantitative estimate of drug-likeness (QED) is 0.526. The fourth-order valence-corrected chi connectivity index (χ4v) is 2.29. The number of rotatable bonds is 0. The van der Waals surface area contributed by atoms with Crippen molar-refractivity contribution in [1.29, 1.82) is 0 Å². The monoisotopic (exact) mass is 155 g/mol. The summed E-state index contributed by atoms with van der Waals surface area (Å²) in [5.41, 5.74) is 0. The molecule has 1 aliphatic carbocycles. The summed E-state index contributed by atoms with van der Waals surface area (Å²) in [7, 11) is 0. The van der Waals surface area contributed by atoms with Gasteiger partial charge in [0.15, 0.2) is 0 Å². The number of hydrogen-bond donors (Lipinski definition) is 0. The predicted octanol–water partition coefficient (Wildman–Crippen LogP) is 2.11. The maximum absolute atomic E-state index is 11.9. The second-order valence-corrected chi connectivity index (χ2v) is 3.75. The molecule has 2 aliphatic rings. The number of hydrogen-bond acceptors (Lipinski definition) is 1. The fraction of sp³-hybridized carbons (Fsp3) is 1.00. The smallest absolute Gasteiger partial charge is 0.204 e. The maximum atomic E-state index is 11.9. The number of fused-ring (bicyclic) bond motifs is 1. The van der Waals surface area contributed by atoms with E-state index in [-0.39, 0.29) is 0 Å². The van der Waals surface area contributed by atoms with Crippen LogP contribution in [-0.2, 0) is 9.84 Å². The Labute approximate surface area is 67.6 Å². The second kappa shape index (κ2) is 2.76. The number of ether oxygens (including phenoxy) is 1. The SMILES string of the molecule is [O]C12CCCCCC1CCO2. The van der Waals surface area contributed by atoms with Gasteiger partial charge in [-0.15, -0.1) is 0 Å². The van der Waals surface area contributed by atoms with E-state index in [0.717, 1.165) is 25.7 Å². The normalized spacial score (nSPS) is 45.0. The van der Waals surface area contributed by atoms with Crippen LogP contribution in [0.2, 0.25) is 0 Å². The standard InChI is InChI=1S/C9H15O2/c10-9-6-3-1-2-4-8(9)5-7-11-9/h8H,1-7H2. The van der Waals surface area contributed by atoms with E-state index < -0.39 is 5.79 Å². The van der Waals surface area contributed by atoms with E-state index >= 15 is 0 Å². The lowest BCUT2D eigenvalue weighted by Crippen LogP contribution is -2.32. The lowest BCUT2D eigenvalue weighted by atomic mass is 9.93. The predicted molar refractivity (Wildman–Crippen MR) is 40.6 cm³/mol. The molecule has 0 bridgehead atoms. The Balaban J connectivity index is 2.09. The minimum absolute atomic E-state index is 0.324. The van der Waals surface area contributed by atoms with E-state index in [0.29, 0.717) is 12.5 Å². The van der Waals surface area contributed by atoms with Crippen molar-refractivity contribution in [1.82, 2.24) is 0 Å². The summed E-state index contributed by atoms with van der Waals surface area (Å²) < 4.78 is 5.27. The van der Waals surface area contributed by atoms with Crippen LogP contribution in [0.4, 0.5) is 0 Å². The van der Waals surface area contributed by atoms with E-state index in [2.05, 4.69) is 0 Å². The Morgan fingerprint density at radius 3 is 3.00 bits per heavy atom. The van der Waals surface area contributed by atoms with Crippen LogP contribution in [0, 0.1) is 5.92 Å². The largest absolute Gasteiger partial charge is 0.347 e. The molecule has 2 heteroatoms. The molecule has 11 heavy (non-hydrogen) atoms. The molecule has 1 aliphatic heterocycles. The molecule has 2 rings (SSSR count). The Hall–Kier alpha value is -0.0800. The van der Waals surface area contributed by atoms with Crippen LogP contribution >= 0.6 is 0 Å². The molecule has 2 fully saturated rings. The Morgan fingerprint density at radius 2 is 2.09 bits per heavy atom. The van der Waals surface area contributed by atoms with Crippen LogP contribution in [0.3, 0.4) is 0 Å². The minimum Gasteiger partial charge on any atom is -0.347 e. The van der Waals surface area contributed by atoms with E-state index in [1.54, 1.807) is 0 Å². The Bertz CT molecular complexity index is 146. The minimum atomic E-state index is -0.976. The van der Waals surface area contributed by atoms with Crippen molar-refractivity contribution in [2.75, 3.05) is 6.61 Å². The molecule has 1 saturated heterocycles. The molecule has 0 aromatic carbocycles. The van der Waals surface area contributed by atoms with Gasteiger partial charge >= 0.3 is 0 Å². The van der Waals surface area contributed by atoms with Crippen LogP contribution in [0.15, 0.2) is 0 Å². The summed E-state index contributed by atoms with van der Waals surface area (Å²) in [6.07, 6.45) is 6.38. The first-order valence-electron chi connectivity index (χ1n) is 4.66. The van der Waals surface area contributed by atoms with Crippen LogP contribution in [0.1, 0.15) is 38.5 Å². The zero-order chi connectivity index (χ0) is 7.73. The van der Waals surface area contributed by atoms with Gasteiger partial charge in [0, 0.05) is 12.3 Å². The summed E-state index contributed by atoms with van der Waals surface area (Å²) in [4.78, 5) is 0. The molecular formula is C9H15O2. The molecule has 0 aromatic rings. The van der Waals surface area contributed by atoms with Gasteiger partial charge in [0.05, 0.1) is 6.61 Å². The van der Waals surface area contributed by atoms with Crippen LogP contribution in [0.25, 0.3) is 0 Å². The molecule has 0 N–H and O–H groups in total. The summed E-state index contributed by atoms with van der Waals surface area (Å²) in [6, 6.07) is 0. The van der Waals surface area contributed by atoms with Crippen molar-refractivity contribution in [3.05, 3.63) is 0 Å². The van der Waals surface area contributed by atoms with Gasteiger partial charge in [0.1, 0.15) is 0 Å². The average molecular weight is 155 g/mol. The van der Waals surface area contributed by atoms with Gasteiger partial charge in [-0.25, -0.2) is 0 Å². The van der Waals surface area contributed by atoms with E-state index in [9.17, 15) is 5.11 Å². The van der Waals surface area contributed by atoms with Gasteiger partial charge in [0.25, 0.3) is 0 Å². The topological polar surface area (TPSA) is 29.1 Å². The molecule has 1 saturated carbocycles. The highest BCUT2D eigenvalue weighted by Gasteiger charge is 2.44. The summed E-state index contributed by atoms with van der Waals surface area (Å²) in [5, 5.41) is 11.9. The molecule has 2 atom stereocenters. The molecular weight excluding hydrogens is 140 g/mol. The van der Waals surface area contributed by atoms with Crippen molar-refractivity contribution in [2.45, 2.75) is 44.3 Å². The summed E-state index contributed by atoms with van der Waals surface area (Å²) in [6.45, 7) is 0.703. The molecule has 0 aromatic heterocycles. The first-order valence-corrected chi connectivity index (χ1v) is 4.66. The highest BCUT2D eigenvalue weighted by Crippen LogP contribution is 2.40. The van der Waals surface area contributed by atoms with Gasteiger partial charge in [-0.05, 0) is 19.3 Å².